The van der Waals surface area contributed by atoms with E-state index in [-0.39, 0.29) is 5.84 Å². The zero-order valence-corrected chi connectivity index (χ0v) is 12.5. The van der Waals surface area contributed by atoms with E-state index >= 15 is 0 Å². The van der Waals surface area contributed by atoms with Crippen LogP contribution in [0.4, 0.5) is 0 Å². The van der Waals surface area contributed by atoms with Gasteiger partial charge in [0.1, 0.15) is 11.5 Å². The number of ether oxygens (including phenoxy) is 1. The first-order chi connectivity index (χ1) is 10.0. The SMILES string of the molecule is Cc1ccc(C(C)C)c(Oc2ccc(/C(N)=N/O)cc2)c1. The molecule has 0 unspecified atom stereocenters. The van der Waals surface area contributed by atoms with Crippen LogP contribution in [-0.2, 0) is 0 Å². The molecule has 0 heterocycles. The Morgan fingerprint density at radius 3 is 2.38 bits per heavy atom. The predicted molar refractivity (Wildman–Crippen MR) is 84.3 cm³/mol. The van der Waals surface area contributed by atoms with Crippen molar-refractivity contribution in [2.24, 2.45) is 10.9 Å². The molecule has 2 aromatic rings. The molecule has 0 atom stereocenters. The molecule has 110 valence electrons. The molecule has 0 aromatic heterocycles. The Morgan fingerprint density at radius 1 is 1.14 bits per heavy atom. The lowest BCUT2D eigenvalue weighted by Gasteiger charge is -2.14. The average Bonchev–Trinajstić information content (AvgIpc) is 2.47. The van der Waals surface area contributed by atoms with Crippen LogP contribution in [0.5, 0.6) is 11.5 Å². The van der Waals surface area contributed by atoms with Gasteiger partial charge in [0.2, 0.25) is 0 Å². The van der Waals surface area contributed by atoms with Crippen LogP contribution >= 0.6 is 0 Å². The fraction of sp³-hybridized carbons (Fsp3) is 0.235. The number of hydrogen-bond donors (Lipinski definition) is 2. The van der Waals surface area contributed by atoms with E-state index in [2.05, 4.69) is 31.1 Å². The number of nitrogens with two attached hydrogens (primary N) is 1. The summed E-state index contributed by atoms with van der Waals surface area (Å²) in [4.78, 5) is 0. The second-order valence-electron chi connectivity index (χ2n) is 5.31. The Kier molecular flexibility index (Phi) is 4.48. The summed E-state index contributed by atoms with van der Waals surface area (Å²) in [6.07, 6.45) is 0. The quantitative estimate of drug-likeness (QED) is 0.386. The van der Waals surface area contributed by atoms with Crippen molar-refractivity contribution < 1.29 is 9.94 Å². The maximum Gasteiger partial charge on any atom is 0.170 e. The molecule has 0 aliphatic heterocycles. The Labute approximate surface area is 124 Å². The molecule has 21 heavy (non-hydrogen) atoms. The van der Waals surface area contributed by atoms with Crippen molar-refractivity contribution in [1.82, 2.24) is 0 Å². The van der Waals surface area contributed by atoms with E-state index in [0.29, 0.717) is 11.5 Å². The van der Waals surface area contributed by atoms with Crippen molar-refractivity contribution >= 4 is 5.84 Å². The van der Waals surface area contributed by atoms with Gasteiger partial charge in [0.15, 0.2) is 5.84 Å². The molecule has 0 fully saturated rings. The second kappa shape index (κ2) is 6.31. The van der Waals surface area contributed by atoms with Gasteiger partial charge in [0.25, 0.3) is 0 Å². The molecule has 0 aliphatic carbocycles. The summed E-state index contributed by atoms with van der Waals surface area (Å²) in [6.45, 7) is 6.32. The van der Waals surface area contributed by atoms with Gasteiger partial charge in [-0.15, -0.1) is 0 Å². The standard InChI is InChI=1S/C17H20N2O2/c1-11(2)15-9-4-12(3)10-16(15)21-14-7-5-13(6-8-14)17(18)19-20/h4-11,20H,1-3H3,(H2,18,19). The van der Waals surface area contributed by atoms with E-state index in [4.69, 9.17) is 15.7 Å². The third-order valence-electron chi connectivity index (χ3n) is 3.28. The van der Waals surface area contributed by atoms with E-state index < -0.39 is 0 Å². The lowest BCUT2D eigenvalue weighted by molar-refractivity contribution is 0.318. The number of amidine groups is 1. The first kappa shape index (κ1) is 14.9. The van der Waals surface area contributed by atoms with Gasteiger partial charge in [0, 0.05) is 5.56 Å². The van der Waals surface area contributed by atoms with Gasteiger partial charge in [-0.1, -0.05) is 31.1 Å². The van der Waals surface area contributed by atoms with Crippen LogP contribution in [0.25, 0.3) is 0 Å². The molecule has 2 aromatic carbocycles. The molecular weight excluding hydrogens is 264 g/mol. The molecule has 2 rings (SSSR count). The highest BCUT2D eigenvalue weighted by molar-refractivity contribution is 5.97. The Balaban J connectivity index is 2.28. The minimum atomic E-state index is 0.0833. The van der Waals surface area contributed by atoms with Gasteiger partial charge in [-0.25, -0.2) is 0 Å². The molecular formula is C17H20N2O2. The number of nitrogens with zero attached hydrogens (tertiary/aromatic N) is 1. The van der Waals surface area contributed by atoms with Crippen molar-refractivity contribution in [2.45, 2.75) is 26.7 Å². The van der Waals surface area contributed by atoms with Crippen LogP contribution in [0, 0.1) is 6.92 Å². The van der Waals surface area contributed by atoms with Crippen molar-refractivity contribution in [3.63, 3.8) is 0 Å². The predicted octanol–water partition coefficient (Wildman–Crippen LogP) is 4.01. The Hall–Kier alpha value is -2.49. The smallest absolute Gasteiger partial charge is 0.170 e. The zero-order chi connectivity index (χ0) is 15.4. The van der Waals surface area contributed by atoms with Crippen molar-refractivity contribution in [3.8, 4) is 11.5 Å². The molecule has 3 N–H and O–H groups in total. The molecule has 4 nitrogen and oxygen atoms in total. The van der Waals surface area contributed by atoms with E-state index in [1.54, 1.807) is 24.3 Å². The highest BCUT2D eigenvalue weighted by Crippen LogP contribution is 2.31. The third-order valence-corrected chi connectivity index (χ3v) is 3.28. The molecule has 0 aliphatic rings. The molecule has 0 bridgehead atoms. The molecule has 4 heteroatoms. The minimum Gasteiger partial charge on any atom is -0.457 e. The van der Waals surface area contributed by atoms with Crippen LogP contribution in [0.2, 0.25) is 0 Å². The fourth-order valence-corrected chi connectivity index (χ4v) is 2.09. The van der Waals surface area contributed by atoms with Crippen molar-refractivity contribution in [2.75, 3.05) is 0 Å². The monoisotopic (exact) mass is 284 g/mol. The lowest BCUT2D eigenvalue weighted by Crippen LogP contribution is -2.12. The number of oxime groups is 1. The molecule has 0 radical (unpaired) electrons. The van der Waals surface area contributed by atoms with Gasteiger partial charge < -0.3 is 15.7 Å². The van der Waals surface area contributed by atoms with Gasteiger partial charge >= 0.3 is 0 Å². The van der Waals surface area contributed by atoms with Crippen LogP contribution in [0.1, 0.15) is 36.5 Å². The van der Waals surface area contributed by atoms with Crippen LogP contribution in [0.15, 0.2) is 47.6 Å². The summed E-state index contributed by atoms with van der Waals surface area (Å²) in [5, 5.41) is 11.6. The molecule has 0 saturated carbocycles. The van der Waals surface area contributed by atoms with E-state index in [0.717, 1.165) is 17.1 Å². The molecule has 0 saturated heterocycles. The van der Waals surface area contributed by atoms with Gasteiger partial charge in [0.05, 0.1) is 0 Å². The van der Waals surface area contributed by atoms with E-state index in [1.807, 2.05) is 13.0 Å². The number of aryl methyl sites for hydroxylation is 1. The highest BCUT2D eigenvalue weighted by Gasteiger charge is 2.09. The first-order valence-corrected chi connectivity index (χ1v) is 6.87. The van der Waals surface area contributed by atoms with E-state index in [9.17, 15) is 0 Å². The zero-order valence-electron chi connectivity index (χ0n) is 12.5. The fourth-order valence-electron chi connectivity index (χ4n) is 2.09. The largest absolute Gasteiger partial charge is 0.457 e. The maximum atomic E-state index is 8.65. The number of rotatable bonds is 4. The normalized spacial score (nSPS) is 11.7. The number of benzene rings is 2. The van der Waals surface area contributed by atoms with E-state index in [1.165, 1.54) is 5.56 Å². The molecule has 0 spiro atoms. The van der Waals surface area contributed by atoms with Crippen LogP contribution in [-0.4, -0.2) is 11.0 Å². The third kappa shape index (κ3) is 3.54. The summed E-state index contributed by atoms with van der Waals surface area (Å²) in [5.74, 6) is 2.05. The summed E-state index contributed by atoms with van der Waals surface area (Å²) >= 11 is 0. The minimum absolute atomic E-state index is 0.0833. The van der Waals surface area contributed by atoms with Gasteiger partial charge in [-0.3, -0.25) is 0 Å². The van der Waals surface area contributed by atoms with Crippen LogP contribution in [0.3, 0.4) is 0 Å². The summed E-state index contributed by atoms with van der Waals surface area (Å²) in [5.41, 5.74) is 8.51. The van der Waals surface area contributed by atoms with Gasteiger partial charge in [-0.05, 0) is 54.3 Å². The maximum absolute atomic E-state index is 8.65. The average molecular weight is 284 g/mol. The highest BCUT2D eigenvalue weighted by atomic mass is 16.5. The summed E-state index contributed by atoms with van der Waals surface area (Å²) in [6, 6.07) is 13.3. The lowest BCUT2D eigenvalue weighted by atomic mass is 10.0. The molecule has 0 amide bonds. The Bertz CT molecular complexity index is 646. The van der Waals surface area contributed by atoms with Crippen molar-refractivity contribution in [3.05, 3.63) is 59.2 Å². The topological polar surface area (TPSA) is 67.8 Å². The van der Waals surface area contributed by atoms with Crippen LogP contribution < -0.4 is 10.5 Å². The Morgan fingerprint density at radius 2 is 1.81 bits per heavy atom. The van der Waals surface area contributed by atoms with Crippen molar-refractivity contribution in [1.29, 1.82) is 0 Å². The second-order valence-corrected chi connectivity index (χ2v) is 5.31. The van der Waals surface area contributed by atoms with Gasteiger partial charge in [-0.2, -0.15) is 0 Å². The summed E-state index contributed by atoms with van der Waals surface area (Å²) in [7, 11) is 0. The first-order valence-electron chi connectivity index (χ1n) is 6.87. The number of hydrogen-bond acceptors (Lipinski definition) is 3. The summed E-state index contributed by atoms with van der Waals surface area (Å²) < 4.78 is 5.98.